The minimum Gasteiger partial charge on any atom is -0.378 e. The summed E-state index contributed by atoms with van der Waals surface area (Å²) in [5.74, 6) is 0.394. The van der Waals surface area contributed by atoms with E-state index in [1.807, 2.05) is 24.3 Å². The van der Waals surface area contributed by atoms with Crippen molar-refractivity contribution in [3.63, 3.8) is 0 Å². The maximum absolute atomic E-state index is 13.0. The van der Waals surface area contributed by atoms with Crippen LogP contribution in [-0.2, 0) is 15.5 Å². The highest BCUT2D eigenvalue weighted by Crippen LogP contribution is 2.28. The molecule has 1 atom stereocenters. The van der Waals surface area contributed by atoms with Gasteiger partial charge in [0.15, 0.2) is 0 Å². The Morgan fingerprint density at radius 2 is 1.84 bits per heavy atom. The molecule has 162 valence electrons. The maximum Gasteiger partial charge on any atom is 0.254 e. The number of rotatable bonds is 4. The van der Waals surface area contributed by atoms with Crippen molar-refractivity contribution in [3.8, 4) is 17.1 Å². The largest absolute Gasteiger partial charge is 0.378 e. The van der Waals surface area contributed by atoms with Crippen LogP contribution in [0.5, 0.6) is 0 Å². The van der Waals surface area contributed by atoms with Gasteiger partial charge >= 0.3 is 0 Å². The maximum atomic E-state index is 13.0. The summed E-state index contributed by atoms with van der Waals surface area (Å²) in [6.07, 6.45) is 10.4. The van der Waals surface area contributed by atoms with E-state index in [-0.39, 0.29) is 5.91 Å². The van der Waals surface area contributed by atoms with Crippen LogP contribution < -0.4 is 0 Å². The van der Waals surface area contributed by atoms with E-state index >= 15 is 0 Å². The number of benzene rings is 1. The van der Waals surface area contributed by atoms with Gasteiger partial charge in [-0.1, -0.05) is 12.1 Å². The summed E-state index contributed by atoms with van der Waals surface area (Å²) in [7, 11) is -1.21. The van der Waals surface area contributed by atoms with Crippen LogP contribution in [0.3, 0.4) is 0 Å². The summed E-state index contributed by atoms with van der Waals surface area (Å²) in [5.41, 5.74) is 3.08. The molecule has 4 heterocycles. The van der Waals surface area contributed by atoms with Gasteiger partial charge in [0.1, 0.15) is 0 Å². The Bertz CT molecular complexity index is 1300. The summed E-state index contributed by atoms with van der Waals surface area (Å²) >= 11 is 0. The van der Waals surface area contributed by atoms with E-state index in [0.717, 1.165) is 22.0 Å². The topological polar surface area (TPSA) is 90.2 Å². The third-order valence-electron chi connectivity index (χ3n) is 5.47. The quantitative estimate of drug-likeness (QED) is 0.478. The van der Waals surface area contributed by atoms with Gasteiger partial charge in [-0.3, -0.25) is 18.6 Å². The molecule has 3 aromatic heterocycles. The van der Waals surface area contributed by atoms with Crippen LogP contribution in [-0.4, -0.2) is 67.1 Å². The summed E-state index contributed by atoms with van der Waals surface area (Å²) < 4.78 is 19.5. The first-order valence-corrected chi connectivity index (χ1v) is 11.8. The summed E-state index contributed by atoms with van der Waals surface area (Å²) in [6, 6.07) is 9.26. The molecular formula is C23H21N5O3S. The predicted octanol–water partition coefficient (Wildman–Crippen LogP) is 2.69. The van der Waals surface area contributed by atoms with E-state index in [9.17, 15) is 9.00 Å². The van der Waals surface area contributed by atoms with Gasteiger partial charge in [0.25, 0.3) is 5.91 Å². The minimum absolute atomic E-state index is 0.0463. The second-order valence-electron chi connectivity index (χ2n) is 7.47. The van der Waals surface area contributed by atoms with E-state index in [0.29, 0.717) is 42.7 Å². The Kier molecular flexibility index (Phi) is 5.50. The molecule has 1 fully saturated rings. The molecule has 0 saturated carbocycles. The smallest absolute Gasteiger partial charge is 0.254 e. The molecule has 0 aliphatic carbocycles. The average molecular weight is 448 g/mol. The molecule has 1 aromatic carbocycles. The van der Waals surface area contributed by atoms with Crippen molar-refractivity contribution in [1.29, 1.82) is 0 Å². The van der Waals surface area contributed by atoms with Crippen LogP contribution >= 0.6 is 0 Å². The number of hydrogen-bond acceptors (Lipinski definition) is 6. The summed E-state index contributed by atoms with van der Waals surface area (Å²) in [5, 5.41) is 0.810. The predicted molar refractivity (Wildman–Crippen MR) is 121 cm³/mol. The number of ether oxygens (including phenoxy) is 1. The van der Waals surface area contributed by atoms with Gasteiger partial charge < -0.3 is 9.64 Å². The summed E-state index contributed by atoms with van der Waals surface area (Å²) in [4.78, 5) is 28.6. The number of nitrogens with zero attached hydrogens (tertiary/aromatic N) is 5. The molecule has 5 rings (SSSR count). The van der Waals surface area contributed by atoms with Gasteiger partial charge in [-0.05, 0) is 18.2 Å². The Hall–Kier alpha value is -3.43. The fourth-order valence-corrected chi connectivity index (χ4v) is 4.54. The second kappa shape index (κ2) is 8.60. The molecule has 1 amide bonds. The molecule has 1 unspecified atom stereocenters. The highest BCUT2D eigenvalue weighted by molar-refractivity contribution is 7.84. The molecule has 0 radical (unpaired) electrons. The second-order valence-corrected chi connectivity index (χ2v) is 8.82. The number of morpholine rings is 1. The van der Waals surface area contributed by atoms with Gasteiger partial charge in [-0.2, -0.15) is 0 Å². The van der Waals surface area contributed by atoms with Crippen molar-refractivity contribution in [2.75, 3.05) is 32.6 Å². The van der Waals surface area contributed by atoms with Crippen LogP contribution in [0.1, 0.15) is 10.4 Å². The standard InChI is InChI=1S/C23H21N5O3S/c1-32(30)21-15-28(23-25-13-18(14-26-23)17-3-2-6-24-12-17)20-11-16(4-5-19(20)21)22(29)27-7-9-31-10-8-27/h2-6,11-15H,7-10H2,1H3. The molecular weight excluding hydrogens is 426 g/mol. The number of aromatic nitrogens is 4. The van der Waals surface area contributed by atoms with Crippen molar-refractivity contribution in [3.05, 3.63) is 66.9 Å². The Balaban J connectivity index is 1.57. The van der Waals surface area contributed by atoms with E-state index < -0.39 is 10.8 Å². The zero-order chi connectivity index (χ0) is 22.1. The zero-order valence-electron chi connectivity index (χ0n) is 17.5. The van der Waals surface area contributed by atoms with Crippen LogP contribution in [0, 0.1) is 0 Å². The van der Waals surface area contributed by atoms with Gasteiger partial charge in [0, 0.05) is 72.4 Å². The molecule has 1 aliphatic rings. The number of carbonyl (C=O) groups excluding carboxylic acids is 1. The third-order valence-corrected chi connectivity index (χ3v) is 6.42. The molecule has 0 bridgehead atoms. The zero-order valence-corrected chi connectivity index (χ0v) is 18.3. The first kappa shape index (κ1) is 20.5. The fourth-order valence-electron chi connectivity index (χ4n) is 3.80. The van der Waals surface area contributed by atoms with Gasteiger partial charge in [0.2, 0.25) is 5.95 Å². The van der Waals surface area contributed by atoms with E-state index in [4.69, 9.17) is 4.74 Å². The average Bonchev–Trinajstić information content (AvgIpc) is 3.24. The lowest BCUT2D eigenvalue weighted by Crippen LogP contribution is -2.40. The summed E-state index contributed by atoms with van der Waals surface area (Å²) in [6.45, 7) is 2.23. The fraction of sp³-hybridized carbons (Fsp3) is 0.217. The number of pyridine rings is 1. The van der Waals surface area contributed by atoms with E-state index in [2.05, 4.69) is 15.0 Å². The Morgan fingerprint density at radius 1 is 1.06 bits per heavy atom. The van der Waals surface area contributed by atoms with Gasteiger partial charge in [-0.15, -0.1) is 0 Å². The molecule has 1 saturated heterocycles. The van der Waals surface area contributed by atoms with E-state index in [1.54, 1.807) is 52.8 Å². The van der Waals surface area contributed by atoms with Crippen molar-refractivity contribution in [2.45, 2.75) is 4.90 Å². The van der Waals surface area contributed by atoms with Crippen LogP contribution in [0.25, 0.3) is 28.0 Å². The van der Waals surface area contributed by atoms with E-state index in [1.165, 1.54) is 0 Å². The van der Waals surface area contributed by atoms with Crippen molar-refractivity contribution in [2.24, 2.45) is 0 Å². The van der Waals surface area contributed by atoms with Crippen LogP contribution in [0.2, 0.25) is 0 Å². The first-order valence-electron chi connectivity index (χ1n) is 10.2. The number of amides is 1. The lowest BCUT2D eigenvalue weighted by molar-refractivity contribution is 0.0303. The van der Waals surface area contributed by atoms with Gasteiger partial charge in [-0.25, -0.2) is 9.97 Å². The van der Waals surface area contributed by atoms with Gasteiger partial charge in [0.05, 0.1) is 34.4 Å². The van der Waals surface area contributed by atoms with Crippen molar-refractivity contribution < 1.29 is 13.7 Å². The highest BCUT2D eigenvalue weighted by Gasteiger charge is 2.21. The Morgan fingerprint density at radius 3 is 2.53 bits per heavy atom. The van der Waals surface area contributed by atoms with Crippen LogP contribution in [0.4, 0.5) is 0 Å². The Labute approximate surface area is 187 Å². The molecule has 32 heavy (non-hydrogen) atoms. The molecule has 9 heteroatoms. The molecule has 4 aromatic rings. The highest BCUT2D eigenvalue weighted by atomic mass is 32.2. The lowest BCUT2D eigenvalue weighted by Gasteiger charge is -2.26. The molecule has 0 spiro atoms. The first-order chi connectivity index (χ1) is 15.6. The number of fused-ring (bicyclic) bond motifs is 1. The number of carbonyl (C=O) groups is 1. The molecule has 8 nitrogen and oxygen atoms in total. The van der Waals surface area contributed by atoms with Crippen LogP contribution in [0.15, 0.2) is 66.2 Å². The third kappa shape index (κ3) is 3.80. The SMILES string of the molecule is CS(=O)c1cn(-c2ncc(-c3cccnc3)cn2)c2cc(C(=O)N3CCOCC3)ccc12. The minimum atomic E-state index is -1.21. The number of hydrogen-bond donors (Lipinski definition) is 0. The molecule has 1 aliphatic heterocycles. The van der Waals surface area contributed by atoms with Crippen molar-refractivity contribution >= 4 is 27.6 Å². The normalized spacial score (nSPS) is 15.1. The monoisotopic (exact) mass is 447 g/mol. The van der Waals surface area contributed by atoms with Crippen molar-refractivity contribution in [1.82, 2.24) is 24.4 Å². The molecule has 0 N–H and O–H groups in total. The lowest BCUT2D eigenvalue weighted by atomic mass is 10.1.